The highest BCUT2D eigenvalue weighted by atomic mass is 31.3. The van der Waals surface area contributed by atoms with Crippen molar-refractivity contribution in [2.75, 3.05) is 12.3 Å². The van der Waals surface area contributed by atoms with Gasteiger partial charge in [-0.05, 0) is 0 Å². The number of fused-ring (bicyclic) bond motifs is 2. The number of rotatable bonds is 10. The Hall–Kier alpha value is -3.81. The van der Waals surface area contributed by atoms with Crippen LogP contribution < -0.4 is 20.4 Å². The number of nitrogen functional groups attached to an aromatic ring is 1. The maximum absolute atomic E-state index is 12.2. The van der Waals surface area contributed by atoms with Crippen LogP contribution in [0.5, 0.6) is 0 Å². The summed E-state index contributed by atoms with van der Waals surface area (Å²) >= 11 is 0. The van der Waals surface area contributed by atoms with Gasteiger partial charge in [0.2, 0.25) is 5.71 Å². The molecular formula is C16H13N8O19P3-4. The van der Waals surface area contributed by atoms with E-state index in [4.69, 9.17) is 24.8 Å². The first-order chi connectivity index (χ1) is 21.2. The van der Waals surface area contributed by atoms with Gasteiger partial charge in [-0.15, -0.1) is 0 Å². The van der Waals surface area contributed by atoms with Gasteiger partial charge in [0.25, 0.3) is 23.5 Å². The van der Waals surface area contributed by atoms with E-state index in [-0.39, 0.29) is 17.0 Å². The molecule has 27 nitrogen and oxygen atoms in total. The molecule has 250 valence electrons. The number of allylic oxidation sites excluding steroid dienone is 2. The lowest BCUT2D eigenvalue weighted by Gasteiger charge is -2.33. The van der Waals surface area contributed by atoms with Crippen molar-refractivity contribution in [3.05, 3.63) is 66.8 Å². The van der Waals surface area contributed by atoms with Crippen LogP contribution in [0.3, 0.4) is 0 Å². The van der Waals surface area contributed by atoms with Crippen LogP contribution in [0.15, 0.2) is 36.2 Å². The van der Waals surface area contributed by atoms with Gasteiger partial charge in [0.15, 0.2) is 17.7 Å². The molecule has 2 aliphatic heterocycles. The average molecular weight is 714 g/mol. The predicted molar refractivity (Wildman–Crippen MR) is 131 cm³/mol. The van der Waals surface area contributed by atoms with E-state index in [1.807, 2.05) is 0 Å². The van der Waals surface area contributed by atoms with E-state index in [1.165, 1.54) is 0 Å². The number of aromatic nitrogens is 4. The third-order valence-electron chi connectivity index (χ3n) is 6.20. The van der Waals surface area contributed by atoms with Gasteiger partial charge in [-0.1, -0.05) is 0 Å². The minimum atomic E-state index is -6.32. The lowest BCUT2D eigenvalue weighted by atomic mass is 10.0. The highest BCUT2D eigenvalue weighted by Crippen LogP contribution is 2.61. The van der Waals surface area contributed by atoms with Crippen LogP contribution in [-0.2, 0) is 41.1 Å². The number of phosphoric acid groups is 3. The van der Waals surface area contributed by atoms with Gasteiger partial charge < -0.3 is 54.5 Å². The number of phosphoric ester groups is 1. The Bertz CT molecular complexity index is 1830. The summed E-state index contributed by atoms with van der Waals surface area (Å²) in [6.07, 6.45) is -4.21. The van der Waals surface area contributed by atoms with Crippen LogP contribution in [0.4, 0.5) is 5.82 Å². The van der Waals surface area contributed by atoms with Gasteiger partial charge >= 0.3 is 17.2 Å². The lowest BCUT2D eigenvalue weighted by Crippen LogP contribution is -2.46. The van der Waals surface area contributed by atoms with Crippen molar-refractivity contribution in [1.29, 1.82) is 0 Å². The second-order valence-electron chi connectivity index (χ2n) is 9.01. The zero-order valence-electron chi connectivity index (χ0n) is 21.7. The number of ether oxygens (including phenoxy) is 3. The van der Waals surface area contributed by atoms with Gasteiger partial charge in [-0.2, -0.15) is 4.90 Å². The summed E-state index contributed by atoms with van der Waals surface area (Å²) < 4.78 is 63.9. The molecule has 0 saturated carbocycles. The van der Waals surface area contributed by atoms with Gasteiger partial charge in [-0.25, -0.2) is 23.6 Å². The first-order valence-electron chi connectivity index (χ1n) is 11.7. The van der Waals surface area contributed by atoms with E-state index in [1.54, 1.807) is 0 Å². The Morgan fingerprint density at radius 1 is 0.957 bits per heavy atom. The Balaban J connectivity index is 1.54. The molecule has 0 bridgehead atoms. The van der Waals surface area contributed by atoms with E-state index in [9.17, 15) is 59.0 Å². The van der Waals surface area contributed by atoms with E-state index in [0.29, 0.717) is 12.2 Å². The molecule has 3 N–H and O–H groups in total. The lowest BCUT2D eigenvalue weighted by molar-refractivity contribution is -0.499. The minimum absolute atomic E-state index is 0.0150. The summed E-state index contributed by atoms with van der Waals surface area (Å²) in [6, 6.07) is 0. The second kappa shape index (κ2) is 11.5. The highest BCUT2D eigenvalue weighted by Gasteiger charge is 2.70. The zero-order chi connectivity index (χ0) is 34.0. The molecule has 3 aliphatic rings. The maximum Gasteiger partial charge on any atom is 0.357 e. The topological polar surface area (TPSA) is 401 Å². The van der Waals surface area contributed by atoms with Crippen molar-refractivity contribution >= 4 is 46.2 Å². The molecule has 0 radical (unpaired) electrons. The summed E-state index contributed by atoms with van der Waals surface area (Å²) in [4.78, 5) is 75.1. The smallest absolute Gasteiger partial charge is 0.357 e. The predicted octanol–water partition coefficient (Wildman–Crippen LogP) is -2.98. The number of nitrogens with two attached hydrogens (primary N) is 1. The average Bonchev–Trinajstić information content (AvgIpc) is 3.58. The SMILES string of the molecule is Nc1ncnc2c1ncn2[C@@H]1O[C@H](COP(=O)([O-])OP(=O)([O-])OP(=O)([O-])O)[C@H]2OC3(O[C@H]21)C([N+](=O)[O-])=CC(=[N+]([O-])[O-])C=C3[N+](=O)[O-]. The normalized spacial score (nSPS) is 29.8. The fraction of sp³-hybridized carbons (Fsp3) is 0.375. The van der Waals surface area contributed by atoms with Crippen molar-refractivity contribution < 1.29 is 75.4 Å². The number of nitro groups is 2. The van der Waals surface area contributed by atoms with Crippen LogP contribution in [0, 0.1) is 30.6 Å². The van der Waals surface area contributed by atoms with E-state index < -0.39 is 92.3 Å². The quantitative estimate of drug-likeness (QED) is 0.107. The monoisotopic (exact) mass is 714 g/mol. The number of hydrogen-bond acceptors (Lipinski definition) is 22. The minimum Gasteiger partial charge on any atom is -0.756 e. The second-order valence-corrected chi connectivity index (χ2v) is 13.3. The zero-order valence-corrected chi connectivity index (χ0v) is 24.4. The molecule has 0 amide bonds. The molecule has 5 rings (SSSR count). The number of anilines is 1. The summed E-state index contributed by atoms with van der Waals surface area (Å²) in [6.45, 7) is -1.31. The maximum atomic E-state index is 12.2. The van der Waals surface area contributed by atoms with Crippen LogP contribution in [0.2, 0.25) is 0 Å². The third kappa shape index (κ3) is 6.27. The standard InChI is InChI=1S/C16H16N8O19P3/c17-13-10-14(19-4-18-13)21(5-20-10)15-12-11(7(39-15)3-38-45(34,35)43-46(36,37)42-44(31,32)33)40-16(41-12)8(23(27)28)1-6(22(25)26)2-9(16)24(29)30/h1-2,4-5,7,11-12,15H,3H2,(H6-,17,18,19,25,26,31,32,33,34,35,36,37)/q-1/p-3/t7-,11-,12-,15-/m1/s1. The van der Waals surface area contributed by atoms with Crippen LogP contribution >= 0.6 is 23.5 Å². The Kier molecular flexibility index (Phi) is 8.36. The number of hydrogen-bond donors (Lipinski definition) is 2. The van der Waals surface area contributed by atoms with Crippen LogP contribution in [0.25, 0.3) is 11.2 Å². The number of nitrogens with zero attached hydrogens (tertiary/aromatic N) is 7. The first-order valence-corrected chi connectivity index (χ1v) is 16.1. The highest BCUT2D eigenvalue weighted by molar-refractivity contribution is 7.65. The molecule has 1 aliphatic carbocycles. The summed E-state index contributed by atoms with van der Waals surface area (Å²) in [7, 11) is -18.5. The summed E-state index contributed by atoms with van der Waals surface area (Å²) in [5, 5.41) is 46.8. The van der Waals surface area contributed by atoms with Crippen molar-refractivity contribution in [2.45, 2.75) is 30.3 Å². The molecule has 7 atom stereocenters. The van der Waals surface area contributed by atoms with E-state index in [0.717, 1.165) is 17.2 Å². The van der Waals surface area contributed by atoms with E-state index >= 15 is 0 Å². The van der Waals surface area contributed by atoms with Gasteiger partial charge in [0.05, 0.1) is 34.9 Å². The summed E-state index contributed by atoms with van der Waals surface area (Å²) in [5.41, 5.74) is 1.93. The van der Waals surface area contributed by atoms with E-state index in [2.05, 4.69) is 28.1 Å². The largest absolute Gasteiger partial charge is 0.756 e. The van der Waals surface area contributed by atoms with Gasteiger partial charge in [0.1, 0.15) is 30.2 Å². The number of imidazole rings is 1. The molecule has 2 fully saturated rings. The molecule has 4 heterocycles. The molecule has 2 aromatic heterocycles. The molecule has 3 unspecified atom stereocenters. The fourth-order valence-corrected chi connectivity index (χ4v) is 7.49. The Labute approximate surface area is 251 Å². The van der Waals surface area contributed by atoms with Crippen molar-refractivity contribution in [3.63, 3.8) is 0 Å². The van der Waals surface area contributed by atoms with Crippen molar-refractivity contribution in [2.24, 2.45) is 0 Å². The molecular weight excluding hydrogens is 701 g/mol. The molecule has 46 heavy (non-hydrogen) atoms. The van der Waals surface area contributed by atoms with Crippen LogP contribution in [-0.4, -0.2) is 75.6 Å². The van der Waals surface area contributed by atoms with Gasteiger partial charge in [0, 0.05) is 0 Å². The Morgan fingerprint density at radius 3 is 2.13 bits per heavy atom. The molecule has 2 saturated heterocycles. The van der Waals surface area contributed by atoms with Crippen molar-refractivity contribution in [1.82, 2.24) is 19.5 Å². The fourth-order valence-electron chi connectivity index (χ4n) is 4.59. The van der Waals surface area contributed by atoms with Crippen molar-refractivity contribution in [3.8, 4) is 0 Å². The third-order valence-corrected chi connectivity index (χ3v) is 9.89. The molecule has 30 heteroatoms. The Morgan fingerprint density at radius 2 is 1.57 bits per heavy atom. The summed E-state index contributed by atoms with van der Waals surface area (Å²) in [5.74, 6) is -3.22. The first kappa shape index (κ1) is 33.6. The van der Waals surface area contributed by atoms with Crippen LogP contribution in [0.1, 0.15) is 6.23 Å². The molecule has 2 aromatic rings. The molecule has 1 spiro atoms. The molecule has 0 aromatic carbocycles. The van der Waals surface area contributed by atoms with Gasteiger partial charge in [-0.3, -0.25) is 38.5 Å².